The zero-order chi connectivity index (χ0) is 12.5. The molecule has 2 atom stereocenters. The fourth-order valence-electron chi connectivity index (χ4n) is 3.05. The summed E-state index contributed by atoms with van der Waals surface area (Å²) in [6.45, 7) is 3.85. The van der Waals surface area contributed by atoms with Crippen LogP contribution in [0, 0.1) is 6.92 Å². The molecule has 0 bridgehead atoms. The molecular weight excluding hydrogens is 246 g/mol. The number of nitrogens with zero attached hydrogens (tertiary/aromatic N) is 2. The van der Waals surface area contributed by atoms with Crippen LogP contribution >= 0.6 is 11.3 Å². The summed E-state index contributed by atoms with van der Waals surface area (Å²) in [7, 11) is 0. The van der Waals surface area contributed by atoms with Crippen molar-refractivity contribution in [3.63, 3.8) is 0 Å². The number of piperidine rings is 1. The van der Waals surface area contributed by atoms with Gasteiger partial charge in [0.2, 0.25) is 5.91 Å². The van der Waals surface area contributed by atoms with Gasteiger partial charge in [-0.15, -0.1) is 11.3 Å². The number of hydrogen-bond donors (Lipinski definition) is 1. The molecule has 3 rings (SSSR count). The SMILES string of the molecule is Cc1ncsc1CNC1CC(=O)N2CCCCC12. The first-order chi connectivity index (χ1) is 8.75. The van der Waals surface area contributed by atoms with Gasteiger partial charge >= 0.3 is 0 Å². The maximum Gasteiger partial charge on any atom is 0.224 e. The van der Waals surface area contributed by atoms with Gasteiger partial charge in [-0.1, -0.05) is 0 Å². The Hall–Kier alpha value is -0.940. The van der Waals surface area contributed by atoms with Crippen molar-refractivity contribution in [1.82, 2.24) is 15.2 Å². The van der Waals surface area contributed by atoms with E-state index in [4.69, 9.17) is 0 Å². The highest BCUT2D eigenvalue weighted by atomic mass is 32.1. The van der Waals surface area contributed by atoms with Gasteiger partial charge in [0, 0.05) is 36.5 Å². The molecule has 0 spiro atoms. The number of rotatable bonds is 3. The highest BCUT2D eigenvalue weighted by Gasteiger charge is 2.40. The van der Waals surface area contributed by atoms with Crippen LogP contribution in [0.1, 0.15) is 36.3 Å². The summed E-state index contributed by atoms with van der Waals surface area (Å²) in [5, 5.41) is 3.56. The van der Waals surface area contributed by atoms with Gasteiger partial charge in [0.1, 0.15) is 0 Å². The summed E-state index contributed by atoms with van der Waals surface area (Å²) >= 11 is 1.69. The molecule has 0 aromatic carbocycles. The van der Waals surface area contributed by atoms with E-state index < -0.39 is 0 Å². The average molecular weight is 265 g/mol. The van der Waals surface area contributed by atoms with Crippen molar-refractivity contribution in [3.8, 4) is 0 Å². The summed E-state index contributed by atoms with van der Waals surface area (Å²) in [6, 6.07) is 0.763. The van der Waals surface area contributed by atoms with Crippen LogP contribution in [0.25, 0.3) is 0 Å². The number of carbonyl (C=O) groups is 1. The molecule has 0 radical (unpaired) electrons. The molecule has 0 aliphatic carbocycles. The number of aromatic nitrogens is 1. The lowest BCUT2D eigenvalue weighted by Crippen LogP contribution is -2.45. The number of fused-ring (bicyclic) bond motifs is 1. The second kappa shape index (κ2) is 4.97. The van der Waals surface area contributed by atoms with Gasteiger partial charge in [-0.2, -0.15) is 0 Å². The molecule has 1 amide bonds. The van der Waals surface area contributed by atoms with Gasteiger partial charge in [0.05, 0.1) is 11.2 Å². The zero-order valence-corrected chi connectivity index (χ0v) is 11.5. The maximum absolute atomic E-state index is 11.9. The Morgan fingerprint density at radius 2 is 2.44 bits per heavy atom. The van der Waals surface area contributed by atoms with Crippen molar-refractivity contribution < 1.29 is 4.79 Å². The predicted molar refractivity (Wildman–Crippen MR) is 71.4 cm³/mol. The van der Waals surface area contributed by atoms with E-state index in [2.05, 4.69) is 15.2 Å². The lowest BCUT2D eigenvalue weighted by atomic mass is 9.99. The molecule has 98 valence electrons. The monoisotopic (exact) mass is 265 g/mol. The first-order valence-electron chi connectivity index (χ1n) is 6.67. The molecule has 2 aliphatic heterocycles. The molecule has 2 aliphatic rings. The Morgan fingerprint density at radius 1 is 1.56 bits per heavy atom. The normalized spacial score (nSPS) is 27.6. The third kappa shape index (κ3) is 2.17. The van der Waals surface area contributed by atoms with Crippen molar-refractivity contribution >= 4 is 17.2 Å². The number of thiazole rings is 1. The number of amides is 1. The topological polar surface area (TPSA) is 45.2 Å². The van der Waals surface area contributed by atoms with Crippen LogP contribution in [-0.2, 0) is 11.3 Å². The second-order valence-electron chi connectivity index (χ2n) is 5.20. The van der Waals surface area contributed by atoms with Crippen molar-refractivity contribution in [3.05, 3.63) is 16.1 Å². The van der Waals surface area contributed by atoms with Gasteiger partial charge in [-0.05, 0) is 26.2 Å². The summed E-state index contributed by atoms with van der Waals surface area (Å²) in [5.74, 6) is 0.332. The third-order valence-corrected chi connectivity index (χ3v) is 5.03. The van der Waals surface area contributed by atoms with E-state index in [1.807, 2.05) is 12.4 Å². The second-order valence-corrected chi connectivity index (χ2v) is 6.14. The molecule has 2 fully saturated rings. The number of hydrogen-bond acceptors (Lipinski definition) is 4. The van der Waals surface area contributed by atoms with Crippen LogP contribution in [0.2, 0.25) is 0 Å². The first kappa shape index (κ1) is 12.1. The summed E-state index contributed by atoms with van der Waals surface area (Å²) < 4.78 is 0. The van der Waals surface area contributed by atoms with Gasteiger partial charge in [0.15, 0.2) is 0 Å². The molecular formula is C13H19N3OS. The third-order valence-electron chi connectivity index (χ3n) is 4.10. The van der Waals surface area contributed by atoms with Crippen LogP contribution in [0.15, 0.2) is 5.51 Å². The summed E-state index contributed by atoms with van der Waals surface area (Å²) in [6.07, 6.45) is 4.25. The average Bonchev–Trinajstić information content (AvgIpc) is 2.92. The Bertz CT molecular complexity index is 445. The Morgan fingerprint density at radius 3 is 3.22 bits per heavy atom. The molecule has 2 saturated heterocycles. The van der Waals surface area contributed by atoms with Crippen molar-refractivity contribution in [2.75, 3.05) is 6.54 Å². The van der Waals surface area contributed by atoms with Crippen molar-refractivity contribution in [1.29, 1.82) is 0 Å². The minimum Gasteiger partial charge on any atom is -0.338 e. The van der Waals surface area contributed by atoms with Crippen LogP contribution < -0.4 is 5.32 Å². The fourth-order valence-corrected chi connectivity index (χ4v) is 3.78. The van der Waals surface area contributed by atoms with Crippen molar-refractivity contribution in [2.45, 2.75) is 51.2 Å². The van der Waals surface area contributed by atoms with Gasteiger partial charge in [0.25, 0.3) is 0 Å². The van der Waals surface area contributed by atoms with Gasteiger partial charge in [-0.25, -0.2) is 4.98 Å². The molecule has 18 heavy (non-hydrogen) atoms. The first-order valence-corrected chi connectivity index (χ1v) is 7.55. The minimum absolute atomic E-state index is 0.332. The molecule has 3 heterocycles. The molecule has 2 unspecified atom stereocenters. The van der Waals surface area contributed by atoms with E-state index in [1.165, 1.54) is 17.7 Å². The number of carbonyl (C=O) groups excluding carboxylic acids is 1. The van der Waals surface area contributed by atoms with E-state index in [-0.39, 0.29) is 0 Å². The van der Waals surface area contributed by atoms with Crippen LogP contribution in [0.3, 0.4) is 0 Å². The molecule has 1 aromatic heterocycles. The predicted octanol–water partition coefficient (Wildman–Crippen LogP) is 1.69. The molecule has 1 N–H and O–H groups in total. The quantitative estimate of drug-likeness (QED) is 0.904. The standard InChI is InChI=1S/C13H19N3OS/c1-9-12(18-8-15-9)7-14-10-6-13(17)16-5-3-2-4-11(10)16/h8,10-11,14H,2-7H2,1H3. The van der Waals surface area contributed by atoms with E-state index in [0.717, 1.165) is 25.2 Å². The van der Waals surface area contributed by atoms with Gasteiger partial charge in [-0.3, -0.25) is 4.79 Å². The molecule has 4 nitrogen and oxygen atoms in total. The van der Waals surface area contributed by atoms with Gasteiger partial charge < -0.3 is 10.2 Å². The van der Waals surface area contributed by atoms with Crippen molar-refractivity contribution in [2.24, 2.45) is 0 Å². The number of nitrogens with one attached hydrogen (secondary N) is 1. The Balaban J connectivity index is 1.63. The smallest absolute Gasteiger partial charge is 0.224 e. The maximum atomic E-state index is 11.9. The van der Waals surface area contributed by atoms with Crippen LogP contribution in [0.5, 0.6) is 0 Å². The summed E-state index contributed by atoms with van der Waals surface area (Å²) in [5.41, 5.74) is 3.00. The largest absolute Gasteiger partial charge is 0.338 e. The Kier molecular flexibility index (Phi) is 3.35. The highest BCUT2D eigenvalue weighted by Crippen LogP contribution is 2.28. The highest BCUT2D eigenvalue weighted by molar-refractivity contribution is 7.09. The lowest BCUT2D eigenvalue weighted by Gasteiger charge is -2.32. The van der Waals surface area contributed by atoms with Crippen LogP contribution in [0.4, 0.5) is 0 Å². The Labute approximate surface area is 111 Å². The van der Waals surface area contributed by atoms with E-state index in [1.54, 1.807) is 11.3 Å². The molecule has 1 aromatic rings. The summed E-state index contributed by atoms with van der Waals surface area (Å²) in [4.78, 5) is 19.6. The van der Waals surface area contributed by atoms with E-state index in [0.29, 0.717) is 24.4 Å². The van der Waals surface area contributed by atoms with Crippen LogP contribution in [-0.4, -0.2) is 34.4 Å². The van der Waals surface area contributed by atoms with E-state index >= 15 is 0 Å². The zero-order valence-electron chi connectivity index (χ0n) is 10.7. The molecule has 0 saturated carbocycles. The lowest BCUT2D eigenvalue weighted by molar-refractivity contribution is -0.129. The fraction of sp³-hybridized carbons (Fsp3) is 0.692. The number of aryl methyl sites for hydroxylation is 1. The van der Waals surface area contributed by atoms with E-state index in [9.17, 15) is 4.79 Å². The molecule has 5 heteroatoms. The minimum atomic E-state index is 0.332.